The molecule has 11 heteroatoms. The number of aryl methyl sites for hydroxylation is 1. The van der Waals surface area contributed by atoms with Gasteiger partial charge in [-0.15, -0.1) is 11.3 Å². The van der Waals surface area contributed by atoms with Crippen molar-refractivity contribution in [2.45, 2.75) is 6.92 Å². The average Bonchev–Trinajstić information content (AvgIpc) is 3.43. The van der Waals surface area contributed by atoms with Crippen molar-refractivity contribution in [2.75, 3.05) is 31.5 Å². The lowest BCUT2D eigenvalue weighted by molar-refractivity contribution is -0.119. The van der Waals surface area contributed by atoms with Crippen molar-refractivity contribution in [1.82, 2.24) is 5.16 Å². The van der Waals surface area contributed by atoms with Crippen molar-refractivity contribution in [3.8, 4) is 11.5 Å². The van der Waals surface area contributed by atoms with Crippen molar-refractivity contribution in [3.63, 3.8) is 0 Å². The molecule has 1 aromatic carbocycles. The summed E-state index contributed by atoms with van der Waals surface area (Å²) in [5, 5.41) is 10.5. The van der Waals surface area contributed by atoms with Crippen LogP contribution in [0.5, 0.6) is 11.5 Å². The summed E-state index contributed by atoms with van der Waals surface area (Å²) in [6, 6.07) is 7.71. The van der Waals surface area contributed by atoms with E-state index in [1.54, 1.807) is 24.4 Å². The summed E-state index contributed by atoms with van der Waals surface area (Å²) in [5.41, 5.74) is 0.277. The molecule has 0 radical (unpaired) electrons. The summed E-state index contributed by atoms with van der Waals surface area (Å²) < 4.78 is 20.5. The Morgan fingerprint density at radius 1 is 1.13 bits per heavy atom. The van der Waals surface area contributed by atoms with Gasteiger partial charge in [-0.25, -0.2) is 4.79 Å². The van der Waals surface area contributed by atoms with Gasteiger partial charge in [-0.2, -0.15) is 0 Å². The van der Waals surface area contributed by atoms with Crippen LogP contribution < -0.4 is 20.1 Å². The first kappa shape index (κ1) is 21.8. The smallest absolute Gasteiger partial charge is 0.338 e. The third kappa shape index (κ3) is 5.39. The summed E-state index contributed by atoms with van der Waals surface area (Å²) in [6.45, 7) is 1.13. The van der Waals surface area contributed by atoms with Gasteiger partial charge in [0.15, 0.2) is 23.9 Å². The Bertz CT molecular complexity index is 1090. The molecule has 0 unspecified atom stereocenters. The van der Waals surface area contributed by atoms with Crippen LogP contribution in [0.3, 0.4) is 0 Å². The Kier molecular flexibility index (Phi) is 6.88. The van der Waals surface area contributed by atoms with E-state index in [4.69, 9.17) is 18.7 Å². The standard InChI is InChI=1S/C20H19N3O7S/c1-11-7-16(23-30-11)22-17(24)10-29-20(26)12-8-13(18(28-3)14(9-12)27-2)21-19(25)15-5-4-6-31-15/h4-9H,10H2,1-3H3,(H,21,25)(H,22,23,24). The molecule has 0 saturated carbocycles. The number of anilines is 2. The Hall–Kier alpha value is -3.86. The number of esters is 1. The fourth-order valence-electron chi connectivity index (χ4n) is 2.59. The molecule has 0 atom stereocenters. The molecule has 3 rings (SSSR count). The molecule has 0 aliphatic heterocycles. The molecule has 10 nitrogen and oxygen atoms in total. The fourth-order valence-corrected chi connectivity index (χ4v) is 3.20. The largest absolute Gasteiger partial charge is 0.493 e. The lowest BCUT2D eigenvalue weighted by Crippen LogP contribution is -2.21. The number of ether oxygens (including phenoxy) is 3. The number of hydrogen-bond acceptors (Lipinski definition) is 9. The molecule has 31 heavy (non-hydrogen) atoms. The number of nitrogens with zero attached hydrogens (tertiary/aromatic N) is 1. The van der Waals surface area contributed by atoms with Gasteiger partial charge in [0.1, 0.15) is 5.76 Å². The number of nitrogens with one attached hydrogen (secondary N) is 2. The SMILES string of the molecule is COc1cc(C(=O)OCC(=O)Nc2cc(C)on2)cc(NC(=O)c2cccs2)c1OC. The summed E-state index contributed by atoms with van der Waals surface area (Å²) in [6.07, 6.45) is 0. The Morgan fingerprint density at radius 3 is 2.55 bits per heavy atom. The summed E-state index contributed by atoms with van der Waals surface area (Å²) in [7, 11) is 2.80. The highest BCUT2D eigenvalue weighted by Gasteiger charge is 2.20. The van der Waals surface area contributed by atoms with E-state index in [-0.39, 0.29) is 34.5 Å². The summed E-state index contributed by atoms with van der Waals surface area (Å²) >= 11 is 1.27. The maximum absolute atomic E-state index is 12.5. The number of carbonyl (C=O) groups excluding carboxylic acids is 3. The molecular weight excluding hydrogens is 426 g/mol. The number of hydrogen-bond donors (Lipinski definition) is 2. The quantitative estimate of drug-likeness (QED) is 0.506. The van der Waals surface area contributed by atoms with Crippen molar-refractivity contribution < 1.29 is 33.1 Å². The molecule has 2 heterocycles. The molecular formula is C20H19N3O7S. The molecule has 0 aliphatic rings. The van der Waals surface area contributed by atoms with Gasteiger partial charge in [0.2, 0.25) is 0 Å². The predicted octanol–water partition coefficient (Wildman–Crippen LogP) is 3.11. The van der Waals surface area contributed by atoms with Gasteiger partial charge in [0.25, 0.3) is 11.8 Å². The highest BCUT2D eigenvalue weighted by molar-refractivity contribution is 7.12. The summed E-state index contributed by atoms with van der Waals surface area (Å²) in [4.78, 5) is 37.4. The molecule has 2 N–H and O–H groups in total. The van der Waals surface area contributed by atoms with Gasteiger partial charge < -0.3 is 29.4 Å². The molecule has 0 aliphatic carbocycles. The Balaban J connectivity index is 1.74. The molecule has 162 valence electrons. The Morgan fingerprint density at radius 2 is 1.94 bits per heavy atom. The minimum Gasteiger partial charge on any atom is -0.493 e. The van der Waals surface area contributed by atoms with Gasteiger partial charge >= 0.3 is 5.97 Å². The molecule has 3 aromatic rings. The second-order valence-electron chi connectivity index (χ2n) is 6.14. The van der Waals surface area contributed by atoms with E-state index in [2.05, 4.69) is 15.8 Å². The fraction of sp³-hybridized carbons (Fsp3) is 0.200. The lowest BCUT2D eigenvalue weighted by atomic mass is 10.1. The number of benzene rings is 1. The van der Waals surface area contributed by atoms with Gasteiger partial charge in [-0.05, 0) is 30.5 Å². The first-order valence-electron chi connectivity index (χ1n) is 8.92. The maximum Gasteiger partial charge on any atom is 0.338 e. The van der Waals surface area contributed by atoms with Gasteiger partial charge in [-0.3, -0.25) is 9.59 Å². The van der Waals surface area contributed by atoms with Crippen molar-refractivity contribution in [2.24, 2.45) is 0 Å². The van der Waals surface area contributed by atoms with E-state index >= 15 is 0 Å². The number of amides is 2. The molecule has 0 bridgehead atoms. The van der Waals surface area contributed by atoms with Crippen LogP contribution in [0.4, 0.5) is 11.5 Å². The van der Waals surface area contributed by atoms with E-state index in [1.165, 1.54) is 43.8 Å². The predicted molar refractivity (Wildman–Crippen MR) is 112 cm³/mol. The Labute approximate surface area is 181 Å². The minimum atomic E-state index is -0.793. The topological polar surface area (TPSA) is 129 Å². The van der Waals surface area contributed by atoms with Gasteiger partial charge in [0, 0.05) is 6.07 Å². The molecule has 2 aromatic heterocycles. The van der Waals surface area contributed by atoms with E-state index in [0.29, 0.717) is 10.6 Å². The van der Waals surface area contributed by atoms with Gasteiger partial charge in [0.05, 0.1) is 30.3 Å². The highest BCUT2D eigenvalue weighted by Crippen LogP contribution is 2.37. The van der Waals surface area contributed by atoms with Crippen molar-refractivity contribution in [3.05, 3.63) is 51.9 Å². The third-order valence-corrected chi connectivity index (χ3v) is 4.81. The lowest BCUT2D eigenvalue weighted by Gasteiger charge is -2.15. The molecule has 2 amide bonds. The van der Waals surface area contributed by atoms with Crippen LogP contribution in [0.15, 0.2) is 40.2 Å². The first-order valence-corrected chi connectivity index (χ1v) is 9.80. The second kappa shape index (κ2) is 9.76. The number of thiophene rings is 1. The van der Waals surface area contributed by atoms with E-state index in [9.17, 15) is 14.4 Å². The van der Waals surface area contributed by atoms with Crippen LogP contribution in [0.25, 0.3) is 0 Å². The van der Waals surface area contributed by atoms with E-state index in [1.807, 2.05) is 0 Å². The molecule has 0 saturated heterocycles. The van der Waals surface area contributed by atoms with E-state index in [0.717, 1.165) is 0 Å². The van der Waals surface area contributed by atoms with Crippen molar-refractivity contribution in [1.29, 1.82) is 0 Å². The van der Waals surface area contributed by atoms with Crippen molar-refractivity contribution >= 4 is 40.6 Å². The maximum atomic E-state index is 12.5. The normalized spacial score (nSPS) is 10.3. The number of methoxy groups -OCH3 is 2. The zero-order chi connectivity index (χ0) is 22.4. The van der Waals surface area contributed by atoms with Gasteiger partial charge in [-0.1, -0.05) is 11.2 Å². The summed E-state index contributed by atoms with van der Waals surface area (Å²) in [5.74, 6) is -0.572. The van der Waals surface area contributed by atoms with Crippen LogP contribution >= 0.6 is 11.3 Å². The number of rotatable bonds is 8. The van der Waals surface area contributed by atoms with Crippen LogP contribution in [0.1, 0.15) is 25.8 Å². The average molecular weight is 445 g/mol. The zero-order valence-electron chi connectivity index (χ0n) is 16.9. The molecule has 0 fully saturated rings. The highest BCUT2D eigenvalue weighted by atomic mass is 32.1. The third-order valence-electron chi connectivity index (χ3n) is 3.94. The van der Waals surface area contributed by atoms with E-state index < -0.39 is 18.5 Å². The second-order valence-corrected chi connectivity index (χ2v) is 7.09. The monoisotopic (exact) mass is 445 g/mol. The zero-order valence-corrected chi connectivity index (χ0v) is 17.7. The van der Waals surface area contributed by atoms with Crippen LogP contribution in [-0.2, 0) is 9.53 Å². The van der Waals surface area contributed by atoms with Crippen LogP contribution in [0, 0.1) is 6.92 Å². The molecule has 0 spiro atoms. The van der Waals surface area contributed by atoms with Crippen LogP contribution in [0.2, 0.25) is 0 Å². The minimum absolute atomic E-state index is 0.0595. The number of aromatic nitrogens is 1. The number of carbonyl (C=O) groups is 3. The van der Waals surface area contributed by atoms with Crippen LogP contribution in [-0.4, -0.2) is 43.8 Å². The first-order chi connectivity index (χ1) is 14.9.